The number of hydrogen-bond acceptors (Lipinski definition) is 6. The maximum Gasteiger partial charge on any atom is 0.257 e. The summed E-state index contributed by atoms with van der Waals surface area (Å²) in [7, 11) is 5.58. The second-order valence-corrected chi connectivity index (χ2v) is 9.89. The van der Waals surface area contributed by atoms with Crippen molar-refractivity contribution in [1.82, 2.24) is 4.90 Å². The van der Waals surface area contributed by atoms with Crippen LogP contribution in [0.25, 0.3) is 0 Å². The summed E-state index contributed by atoms with van der Waals surface area (Å²) in [6, 6.07) is 13.5. The van der Waals surface area contributed by atoms with Crippen molar-refractivity contribution in [2.45, 2.75) is 48.0 Å². The van der Waals surface area contributed by atoms with E-state index in [1.165, 1.54) is 24.6 Å². The third-order valence-corrected chi connectivity index (χ3v) is 7.47. The van der Waals surface area contributed by atoms with Crippen LogP contribution in [-0.2, 0) is 4.79 Å². The topological polar surface area (TPSA) is 62.2 Å². The van der Waals surface area contributed by atoms with Gasteiger partial charge < -0.3 is 24.4 Å². The molecular formula is C25H32N2O4S. The summed E-state index contributed by atoms with van der Waals surface area (Å²) in [6.07, 6.45) is 3.71. The molecule has 1 amide bonds. The van der Waals surface area contributed by atoms with Crippen molar-refractivity contribution in [2.24, 2.45) is 0 Å². The van der Waals surface area contributed by atoms with Gasteiger partial charge >= 0.3 is 0 Å². The van der Waals surface area contributed by atoms with E-state index in [-0.39, 0.29) is 12.0 Å². The van der Waals surface area contributed by atoms with Crippen molar-refractivity contribution < 1.29 is 19.4 Å². The molecule has 4 rings (SSSR count). The first kappa shape index (κ1) is 23.0. The van der Waals surface area contributed by atoms with Crippen LogP contribution in [0.5, 0.6) is 11.5 Å². The fraction of sp³-hybridized carbons (Fsp3) is 0.480. The first-order valence-electron chi connectivity index (χ1n) is 11.2. The molecule has 1 heterocycles. The number of nitrogens with zero attached hydrogens (tertiary/aromatic N) is 2. The fourth-order valence-electron chi connectivity index (χ4n) is 4.27. The Morgan fingerprint density at radius 2 is 1.78 bits per heavy atom. The van der Waals surface area contributed by atoms with Crippen LogP contribution in [0.15, 0.2) is 47.4 Å². The van der Waals surface area contributed by atoms with E-state index in [1.807, 2.05) is 61.5 Å². The highest BCUT2D eigenvalue weighted by Gasteiger charge is 2.37. The predicted molar refractivity (Wildman–Crippen MR) is 128 cm³/mol. The Labute approximate surface area is 194 Å². The number of aliphatic hydroxyl groups excluding tert-OH is 1. The van der Waals surface area contributed by atoms with Gasteiger partial charge in [0.15, 0.2) is 0 Å². The predicted octanol–water partition coefficient (Wildman–Crippen LogP) is 4.12. The number of fused-ring (bicyclic) bond motifs is 1. The monoisotopic (exact) mass is 456 g/mol. The fourth-order valence-corrected chi connectivity index (χ4v) is 5.56. The molecule has 1 aliphatic carbocycles. The number of aliphatic hydroxyl groups is 1. The van der Waals surface area contributed by atoms with Gasteiger partial charge in [-0.25, -0.2) is 0 Å². The molecule has 0 radical (unpaired) electrons. The van der Waals surface area contributed by atoms with E-state index < -0.39 is 11.4 Å². The number of benzene rings is 2. The Morgan fingerprint density at radius 1 is 1.09 bits per heavy atom. The highest BCUT2D eigenvalue weighted by Crippen LogP contribution is 2.47. The van der Waals surface area contributed by atoms with Gasteiger partial charge in [-0.15, -0.1) is 11.8 Å². The number of ether oxygens (including phenoxy) is 2. The average molecular weight is 457 g/mol. The lowest BCUT2D eigenvalue weighted by molar-refractivity contribution is -0.126. The molecule has 2 aromatic carbocycles. The molecule has 1 saturated carbocycles. The van der Waals surface area contributed by atoms with Crippen molar-refractivity contribution in [3.8, 4) is 11.5 Å². The summed E-state index contributed by atoms with van der Waals surface area (Å²) in [5.41, 5.74) is 1.72. The number of amides is 1. The molecule has 1 N–H and O–H groups in total. The zero-order valence-corrected chi connectivity index (χ0v) is 19.8. The van der Waals surface area contributed by atoms with Crippen LogP contribution in [0.2, 0.25) is 0 Å². The van der Waals surface area contributed by atoms with Crippen molar-refractivity contribution >= 4 is 23.4 Å². The lowest BCUT2D eigenvalue weighted by Gasteiger charge is -2.26. The summed E-state index contributed by atoms with van der Waals surface area (Å²) in [6.45, 7) is 1.21. The van der Waals surface area contributed by atoms with E-state index >= 15 is 0 Å². The highest BCUT2D eigenvalue weighted by atomic mass is 32.2. The van der Waals surface area contributed by atoms with Crippen molar-refractivity contribution in [3.05, 3.63) is 48.0 Å². The molecule has 1 fully saturated rings. The van der Waals surface area contributed by atoms with Gasteiger partial charge in [-0.2, -0.15) is 0 Å². The number of carbonyl (C=O) groups excluding carboxylic acids is 1. The van der Waals surface area contributed by atoms with Gasteiger partial charge in [0.2, 0.25) is 0 Å². The van der Waals surface area contributed by atoms with E-state index in [1.54, 1.807) is 12.0 Å². The van der Waals surface area contributed by atoms with Gasteiger partial charge in [0.1, 0.15) is 17.6 Å². The Kier molecular flexibility index (Phi) is 7.28. The van der Waals surface area contributed by atoms with Crippen LogP contribution < -0.4 is 14.4 Å². The maximum absolute atomic E-state index is 13.4. The summed E-state index contributed by atoms with van der Waals surface area (Å²) in [4.78, 5) is 18.1. The first-order valence-corrected chi connectivity index (χ1v) is 12.1. The second kappa shape index (κ2) is 10.1. The molecule has 0 spiro atoms. The van der Waals surface area contributed by atoms with Crippen LogP contribution in [-0.4, -0.2) is 62.4 Å². The summed E-state index contributed by atoms with van der Waals surface area (Å²) in [5.74, 6) is 1.30. The second-order valence-electron chi connectivity index (χ2n) is 8.70. The van der Waals surface area contributed by atoms with Crippen LogP contribution in [0.4, 0.5) is 5.69 Å². The normalized spacial score (nSPS) is 21.5. The third-order valence-electron chi connectivity index (χ3n) is 6.10. The van der Waals surface area contributed by atoms with Crippen molar-refractivity contribution in [3.63, 3.8) is 0 Å². The van der Waals surface area contributed by atoms with Crippen LogP contribution in [0, 0.1) is 0 Å². The maximum atomic E-state index is 13.4. The highest BCUT2D eigenvalue weighted by molar-refractivity contribution is 7.99. The van der Waals surface area contributed by atoms with E-state index in [4.69, 9.17) is 9.47 Å². The summed E-state index contributed by atoms with van der Waals surface area (Å²) in [5, 5.41) is 10.7. The van der Waals surface area contributed by atoms with Gasteiger partial charge in [0.25, 0.3) is 5.91 Å². The number of hydrogen-bond donors (Lipinski definition) is 1. The molecule has 0 bridgehead atoms. The smallest absolute Gasteiger partial charge is 0.257 e. The minimum absolute atomic E-state index is 0.262. The number of thioether (sulfide) groups is 1. The molecule has 32 heavy (non-hydrogen) atoms. The van der Waals surface area contributed by atoms with Crippen molar-refractivity contribution in [1.29, 1.82) is 0 Å². The molecule has 1 aliphatic heterocycles. The molecule has 6 nitrogen and oxygen atoms in total. The minimum atomic E-state index is -1.15. The Bertz CT molecular complexity index is 928. The van der Waals surface area contributed by atoms with E-state index in [2.05, 4.69) is 0 Å². The van der Waals surface area contributed by atoms with Gasteiger partial charge in [-0.1, -0.05) is 12.1 Å². The minimum Gasteiger partial charge on any atom is -0.497 e. The average Bonchev–Trinajstić information content (AvgIpc) is 3.27. The lowest BCUT2D eigenvalue weighted by atomic mass is 10.1. The van der Waals surface area contributed by atoms with Crippen molar-refractivity contribution in [2.75, 3.05) is 39.2 Å². The Balaban J connectivity index is 1.69. The number of likely N-dealkylation sites (N-methyl/N-ethyl adjacent to an activating group) is 1. The molecular weight excluding hydrogens is 424 g/mol. The number of rotatable bonds is 7. The molecule has 2 atom stereocenters. The Hall–Kier alpha value is -2.22. The standard InChI is InChI=1S/C25H32N2O4S/c1-26(2)14-15-27-21-13-12-20(31-19-6-4-5-7-19)16-22(21)32-24(23(28)25(27)29)17-8-10-18(30-3)11-9-17/h8-13,16,19,23-24,28H,4-7,14-15H2,1-3H3/t23-,24+/m1/s1. The number of anilines is 1. The number of methoxy groups -OCH3 is 1. The van der Waals surface area contributed by atoms with Gasteiger partial charge in [0, 0.05) is 18.0 Å². The SMILES string of the molecule is COc1ccc([C@@H]2Sc3cc(OC4CCCC4)ccc3N(CCN(C)C)C(=O)[C@@H]2O)cc1. The molecule has 0 aromatic heterocycles. The van der Waals surface area contributed by atoms with Crippen LogP contribution in [0.1, 0.15) is 36.5 Å². The lowest BCUT2D eigenvalue weighted by Crippen LogP contribution is -2.43. The summed E-state index contributed by atoms with van der Waals surface area (Å²) < 4.78 is 11.5. The van der Waals surface area contributed by atoms with Gasteiger partial charge in [-0.05, 0) is 75.7 Å². The van der Waals surface area contributed by atoms with Crippen LogP contribution >= 0.6 is 11.8 Å². The van der Waals surface area contributed by atoms with Crippen LogP contribution in [0.3, 0.4) is 0 Å². The van der Waals surface area contributed by atoms with E-state index in [9.17, 15) is 9.90 Å². The van der Waals surface area contributed by atoms with Gasteiger partial charge in [-0.3, -0.25) is 4.79 Å². The Morgan fingerprint density at radius 3 is 2.44 bits per heavy atom. The molecule has 0 saturated heterocycles. The quantitative estimate of drug-likeness (QED) is 0.676. The number of carbonyl (C=O) groups is 1. The molecule has 172 valence electrons. The molecule has 2 aliphatic rings. The summed E-state index contributed by atoms with van der Waals surface area (Å²) >= 11 is 1.52. The first-order chi connectivity index (χ1) is 15.5. The zero-order chi connectivity index (χ0) is 22.7. The molecule has 0 unspecified atom stereocenters. The van der Waals surface area contributed by atoms with Gasteiger partial charge in [0.05, 0.1) is 24.2 Å². The zero-order valence-electron chi connectivity index (χ0n) is 19.0. The molecule has 7 heteroatoms. The molecule has 2 aromatic rings. The van der Waals surface area contributed by atoms with E-state index in [0.29, 0.717) is 13.1 Å². The largest absolute Gasteiger partial charge is 0.497 e. The van der Waals surface area contributed by atoms with E-state index in [0.717, 1.165) is 40.5 Å². The third kappa shape index (κ3) is 5.05.